The van der Waals surface area contributed by atoms with Crippen LogP contribution in [-0.2, 0) is 6.42 Å². The van der Waals surface area contributed by atoms with Crippen molar-refractivity contribution in [1.29, 1.82) is 0 Å². The topological polar surface area (TPSA) is 110 Å². The number of rotatable bonds is 6. The number of para-hydroxylation sites is 1. The van der Waals surface area contributed by atoms with Crippen molar-refractivity contribution < 1.29 is 19.0 Å². The van der Waals surface area contributed by atoms with Crippen molar-refractivity contribution in [1.82, 2.24) is 10.3 Å². The number of aromatic amines is 2. The molecule has 0 saturated heterocycles. The fourth-order valence-electron chi connectivity index (χ4n) is 3.06. The molecule has 28 heavy (non-hydrogen) atoms. The largest absolute Gasteiger partial charge is 0.854 e. The van der Waals surface area contributed by atoms with Gasteiger partial charge in [-0.15, -0.1) is 0 Å². The summed E-state index contributed by atoms with van der Waals surface area (Å²) in [5.41, 5.74) is 1.71. The molecule has 0 aliphatic heterocycles. The van der Waals surface area contributed by atoms with E-state index in [1.807, 2.05) is 30.5 Å². The van der Waals surface area contributed by atoms with Crippen LogP contribution in [0.15, 0.2) is 69.0 Å². The van der Waals surface area contributed by atoms with Gasteiger partial charge in [0.15, 0.2) is 0 Å². The molecule has 8 nitrogen and oxygen atoms in total. The number of nitrogens with zero attached hydrogens (tertiary/aromatic N) is 2. The first-order chi connectivity index (χ1) is 13.7. The van der Waals surface area contributed by atoms with Crippen molar-refractivity contribution in [3.63, 3.8) is 0 Å². The molecule has 142 valence electrons. The van der Waals surface area contributed by atoms with Crippen LogP contribution in [0.3, 0.4) is 0 Å². The van der Waals surface area contributed by atoms with Crippen molar-refractivity contribution in [2.45, 2.75) is 6.42 Å². The summed E-state index contributed by atoms with van der Waals surface area (Å²) in [4.78, 5) is 19.3. The highest BCUT2D eigenvalue weighted by Crippen LogP contribution is 2.18. The molecular formula is C20H18N4O4. The SMILES string of the molecule is COc1ccc(-[n+]2[nH]oc(=O)c2C([O-])=NCCc2c[nH]c3ccccc23)cc1. The summed E-state index contributed by atoms with van der Waals surface area (Å²) in [5.74, 6) is 0.0251. The molecule has 0 spiro atoms. The van der Waals surface area contributed by atoms with Gasteiger partial charge >= 0.3 is 11.3 Å². The van der Waals surface area contributed by atoms with Gasteiger partial charge in [0.05, 0.1) is 13.0 Å². The Morgan fingerprint density at radius 3 is 2.79 bits per heavy atom. The number of H-pyrrole nitrogens is 2. The molecule has 0 aliphatic carbocycles. The standard InChI is InChI=1S/C20H18N4O4/c1-27-15-8-6-14(7-9-15)24-18(20(26)28-23-24)19(25)21-11-10-13-12-22-17-5-3-2-4-16(13)17/h2-9,12,22H,10-11H2,1H3,(H-,21,23,25,26). The predicted octanol–water partition coefficient (Wildman–Crippen LogP) is 1.08. The summed E-state index contributed by atoms with van der Waals surface area (Å²) in [6, 6.07) is 14.8. The molecule has 0 atom stereocenters. The maximum atomic E-state index is 12.5. The van der Waals surface area contributed by atoms with Crippen LogP contribution in [0.4, 0.5) is 0 Å². The molecule has 2 N–H and O–H groups in total. The molecule has 0 fully saturated rings. The molecule has 0 aliphatic rings. The number of ether oxygens (including phenoxy) is 1. The first kappa shape index (κ1) is 17.6. The third-order valence-corrected chi connectivity index (χ3v) is 4.49. The van der Waals surface area contributed by atoms with Crippen LogP contribution in [0.2, 0.25) is 0 Å². The summed E-state index contributed by atoms with van der Waals surface area (Å²) < 4.78 is 11.2. The van der Waals surface area contributed by atoms with Gasteiger partial charge in [-0.25, -0.2) is 4.79 Å². The zero-order valence-electron chi connectivity index (χ0n) is 15.1. The van der Waals surface area contributed by atoms with E-state index in [2.05, 4.69) is 15.2 Å². The van der Waals surface area contributed by atoms with Crippen LogP contribution in [0.25, 0.3) is 16.6 Å². The minimum atomic E-state index is -0.767. The number of nitrogens with one attached hydrogen (secondary N) is 2. The van der Waals surface area contributed by atoms with E-state index < -0.39 is 11.5 Å². The molecule has 0 bridgehead atoms. The van der Waals surface area contributed by atoms with Crippen molar-refractivity contribution in [3.05, 3.63) is 76.4 Å². The Bertz CT molecular complexity index is 1180. The third-order valence-electron chi connectivity index (χ3n) is 4.49. The number of benzene rings is 2. The zero-order valence-corrected chi connectivity index (χ0v) is 15.1. The van der Waals surface area contributed by atoms with Gasteiger partial charge in [-0.3, -0.25) is 9.52 Å². The molecule has 0 saturated carbocycles. The first-order valence-corrected chi connectivity index (χ1v) is 8.72. The summed E-state index contributed by atoms with van der Waals surface area (Å²) >= 11 is 0. The smallest absolute Gasteiger partial charge is 0.436 e. The van der Waals surface area contributed by atoms with Crippen LogP contribution in [0.1, 0.15) is 11.3 Å². The lowest BCUT2D eigenvalue weighted by atomic mass is 10.1. The van der Waals surface area contributed by atoms with Gasteiger partial charge in [0.1, 0.15) is 5.75 Å². The van der Waals surface area contributed by atoms with E-state index in [0.29, 0.717) is 17.9 Å². The number of hydrogen-bond acceptors (Lipinski definition) is 5. The Labute approximate surface area is 159 Å². The van der Waals surface area contributed by atoms with Crippen molar-refractivity contribution in [2.75, 3.05) is 13.7 Å². The highest BCUT2D eigenvalue weighted by atomic mass is 16.5. The Kier molecular flexibility index (Phi) is 4.67. The molecule has 4 aromatic rings. The van der Waals surface area contributed by atoms with Gasteiger partial charge < -0.3 is 14.8 Å². The molecular weight excluding hydrogens is 360 g/mol. The van der Waals surface area contributed by atoms with E-state index in [1.54, 1.807) is 31.4 Å². The lowest BCUT2D eigenvalue weighted by Crippen LogP contribution is -2.44. The van der Waals surface area contributed by atoms with E-state index in [4.69, 9.17) is 9.26 Å². The summed E-state index contributed by atoms with van der Waals surface area (Å²) in [6.45, 7) is 0.258. The van der Waals surface area contributed by atoms with Gasteiger partial charge in [0.2, 0.25) is 5.69 Å². The Morgan fingerprint density at radius 1 is 1.21 bits per heavy atom. The highest BCUT2D eigenvalue weighted by Gasteiger charge is 2.23. The number of fused-ring (bicyclic) bond motifs is 1. The van der Waals surface area contributed by atoms with Crippen LogP contribution in [0.5, 0.6) is 5.75 Å². The van der Waals surface area contributed by atoms with Gasteiger partial charge in [-0.2, -0.15) is 0 Å². The maximum absolute atomic E-state index is 12.5. The van der Waals surface area contributed by atoms with E-state index in [1.165, 1.54) is 4.68 Å². The van der Waals surface area contributed by atoms with Gasteiger partial charge in [-0.05, 0) is 40.1 Å². The van der Waals surface area contributed by atoms with Crippen LogP contribution >= 0.6 is 0 Å². The van der Waals surface area contributed by atoms with Crippen LogP contribution in [-0.4, -0.2) is 29.8 Å². The number of aliphatic imine (C=N–C) groups is 1. The Hall–Kier alpha value is -3.81. The van der Waals surface area contributed by atoms with Crippen molar-refractivity contribution >= 4 is 16.8 Å². The molecule has 0 unspecified atom stereocenters. The molecule has 0 amide bonds. The monoisotopic (exact) mass is 378 g/mol. The molecule has 2 heterocycles. The highest BCUT2D eigenvalue weighted by molar-refractivity contribution is 5.86. The third kappa shape index (κ3) is 3.27. The number of methoxy groups -OCH3 is 1. The Balaban J connectivity index is 1.56. The predicted molar refractivity (Wildman–Crippen MR) is 101 cm³/mol. The molecule has 2 aromatic carbocycles. The van der Waals surface area contributed by atoms with Crippen molar-refractivity contribution in [3.8, 4) is 11.4 Å². The summed E-state index contributed by atoms with van der Waals surface area (Å²) in [7, 11) is 1.56. The minimum absolute atomic E-state index is 0.177. The van der Waals surface area contributed by atoms with E-state index in [9.17, 15) is 9.90 Å². The quantitative estimate of drug-likeness (QED) is 0.297. The maximum Gasteiger partial charge on any atom is 0.436 e. The summed E-state index contributed by atoms with van der Waals surface area (Å²) in [6.07, 6.45) is 2.49. The van der Waals surface area contributed by atoms with Crippen molar-refractivity contribution in [2.24, 2.45) is 4.99 Å². The van der Waals surface area contributed by atoms with E-state index in [-0.39, 0.29) is 12.2 Å². The second-order valence-electron chi connectivity index (χ2n) is 6.16. The average Bonchev–Trinajstić information content (AvgIpc) is 3.32. The second kappa shape index (κ2) is 7.43. The lowest BCUT2D eigenvalue weighted by molar-refractivity contribution is -0.673. The second-order valence-corrected chi connectivity index (χ2v) is 6.16. The molecule has 8 heteroatoms. The van der Waals surface area contributed by atoms with Crippen LogP contribution in [0, 0.1) is 0 Å². The van der Waals surface area contributed by atoms with Gasteiger partial charge in [0, 0.05) is 35.8 Å². The normalized spacial score (nSPS) is 11.8. The Morgan fingerprint density at radius 2 is 2.00 bits per heavy atom. The minimum Gasteiger partial charge on any atom is -0.854 e. The molecule has 0 radical (unpaired) electrons. The average molecular weight is 378 g/mol. The van der Waals surface area contributed by atoms with Gasteiger partial charge in [-0.1, -0.05) is 18.2 Å². The molecule has 4 rings (SSSR count). The van der Waals surface area contributed by atoms with E-state index >= 15 is 0 Å². The fourth-order valence-corrected chi connectivity index (χ4v) is 3.06. The molecule has 2 aromatic heterocycles. The van der Waals surface area contributed by atoms with E-state index in [0.717, 1.165) is 16.5 Å². The number of aromatic nitrogens is 3. The lowest BCUT2D eigenvalue weighted by Gasteiger charge is -2.04. The van der Waals surface area contributed by atoms with Crippen LogP contribution < -0.4 is 20.2 Å². The van der Waals surface area contributed by atoms with Gasteiger partial charge in [0.25, 0.3) is 0 Å². The number of hydrogen-bond donors (Lipinski definition) is 2. The summed E-state index contributed by atoms with van der Waals surface area (Å²) in [5, 5.41) is 16.1. The fraction of sp³-hybridized carbons (Fsp3) is 0.150. The zero-order chi connectivity index (χ0) is 19.5. The first-order valence-electron chi connectivity index (χ1n) is 8.72.